The summed E-state index contributed by atoms with van der Waals surface area (Å²) in [6.45, 7) is 3.74. The lowest BCUT2D eigenvalue weighted by Gasteiger charge is -2.36. The van der Waals surface area contributed by atoms with E-state index in [-0.39, 0.29) is 49.3 Å². The predicted octanol–water partition coefficient (Wildman–Crippen LogP) is -0.465. The van der Waals surface area contributed by atoms with Crippen molar-refractivity contribution in [1.82, 2.24) is 20.2 Å². The number of carbonyl (C=O) groups excluding carboxylic acids is 1. The molecule has 0 radical (unpaired) electrons. The lowest BCUT2D eigenvalue weighted by molar-refractivity contribution is -0.0000119. The summed E-state index contributed by atoms with van der Waals surface area (Å²) in [4.78, 5) is 25.1. The SMILES string of the molecule is CC[C@@H](CO)Nc1ncc(Cl)c(N2CCN(C(=O)N[C@H](CO)c3cccc(Cl)c3)CC2)n1.[I-]. The minimum atomic E-state index is -0.540. The van der Waals surface area contributed by atoms with Gasteiger partial charge in [0.2, 0.25) is 5.95 Å². The van der Waals surface area contributed by atoms with Gasteiger partial charge in [0.05, 0.1) is 31.5 Å². The first kappa shape index (κ1) is 27.6. The van der Waals surface area contributed by atoms with Gasteiger partial charge in [0, 0.05) is 31.2 Å². The summed E-state index contributed by atoms with van der Waals surface area (Å²) >= 11 is 12.4. The number of aliphatic hydroxyl groups is 2. The first-order valence-corrected chi connectivity index (χ1v) is 11.3. The largest absolute Gasteiger partial charge is 1.00 e. The van der Waals surface area contributed by atoms with Crippen LogP contribution in [-0.2, 0) is 0 Å². The molecule has 4 N–H and O–H groups in total. The summed E-state index contributed by atoms with van der Waals surface area (Å²) in [6, 6.07) is 6.13. The van der Waals surface area contributed by atoms with E-state index in [9.17, 15) is 15.0 Å². The van der Waals surface area contributed by atoms with Crippen molar-refractivity contribution < 1.29 is 39.0 Å². The smallest absolute Gasteiger partial charge is 0.318 e. The third kappa shape index (κ3) is 7.44. The number of carbonyl (C=O) groups is 1. The molecule has 0 aliphatic carbocycles. The number of amides is 2. The van der Waals surface area contributed by atoms with Gasteiger partial charge in [-0.2, -0.15) is 4.98 Å². The Hall–Kier alpha value is -1.60. The Morgan fingerprint density at radius 2 is 1.91 bits per heavy atom. The van der Waals surface area contributed by atoms with Gasteiger partial charge >= 0.3 is 6.03 Å². The van der Waals surface area contributed by atoms with E-state index in [4.69, 9.17) is 23.2 Å². The van der Waals surface area contributed by atoms with Gasteiger partial charge in [-0.05, 0) is 24.1 Å². The number of halogens is 3. The number of nitrogens with zero attached hydrogens (tertiary/aromatic N) is 4. The Labute approximate surface area is 220 Å². The molecular weight excluding hydrogens is 582 g/mol. The fourth-order valence-electron chi connectivity index (χ4n) is 3.43. The fourth-order valence-corrected chi connectivity index (χ4v) is 3.84. The molecule has 33 heavy (non-hydrogen) atoms. The van der Waals surface area contributed by atoms with Crippen molar-refractivity contribution in [2.45, 2.75) is 25.4 Å². The van der Waals surface area contributed by atoms with E-state index < -0.39 is 6.04 Å². The molecule has 2 atom stereocenters. The Bertz CT molecular complexity index is 913. The number of anilines is 2. The monoisotopic (exact) mass is 609 g/mol. The average molecular weight is 610 g/mol. The molecule has 12 heteroatoms. The Kier molecular flexibility index (Phi) is 11.2. The number of urea groups is 1. The number of hydrogen-bond donors (Lipinski definition) is 4. The van der Waals surface area contributed by atoms with Crippen LogP contribution in [0.3, 0.4) is 0 Å². The van der Waals surface area contributed by atoms with Crippen molar-refractivity contribution >= 4 is 41.0 Å². The van der Waals surface area contributed by atoms with Gasteiger partial charge in [0.15, 0.2) is 5.82 Å². The molecule has 0 unspecified atom stereocenters. The molecule has 0 saturated carbocycles. The minimum absolute atomic E-state index is 0. The first-order valence-electron chi connectivity index (χ1n) is 10.5. The molecule has 182 valence electrons. The highest BCUT2D eigenvalue weighted by atomic mass is 127. The van der Waals surface area contributed by atoms with Crippen molar-refractivity contribution in [2.24, 2.45) is 0 Å². The van der Waals surface area contributed by atoms with E-state index in [0.29, 0.717) is 48.0 Å². The summed E-state index contributed by atoms with van der Waals surface area (Å²) in [5, 5.41) is 26.0. The highest BCUT2D eigenvalue weighted by Crippen LogP contribution is 2.25. The van der Waals surface area contributed by atoms with Crippen molar-refractivity contribution in [1.29, 1.82) is 0 Å². The Balaban J connectivity index is 0.00000385. The molecule has 1 aromatic carbocycles. The van der Waals surface area contributed by atoms with Gasteiger partial charge in [0.25, 0.3) is 0 Å². The minimum Gasteiger partial charge on any atom is -1.00 e. The molecule has 9 nitrogen and oxygen atoms in total. The summed E-state index contributed by atoms with van der Waals surface area (Å²) in [7, 11) is 0. The fraction of sp³-hybridized carbons (Fsp3) is 0.476. The first-order chi connectivity index (χ1) is 15.4. The van der Waals surface area contributed by atoms with Crippen LogP contribution in [-0.4, -0.2) is 76.5 Å². The van der Waals surface area contributed by atoms with Crippen LogP contribution in [0.15, 0.2) is 30.5 Å². The van der Waals surface area contributed by atoms with E-state index in [1.165, 1.54) is 6.20 Å². The summed E-state index contributed by atoms with van der Waals surface area (Å²) in [5.41, 5.74) is 0.744. The van der Waals surface area contributed by atoms with Crippen LogP contribution in [0.25, 0.3) is 0 Å². The number of rotatable bonds is 8. The lowest BCUT2D eigenvalue weighted by Crippen LogP contribution is -3.00. The second kappa shape index (κ2) is 13.3. The van der Waals surface area contributed by atoms with Crippen LogP contribution >= 0.6 is 23.2 Å². The quantitative estimate of drug-likeness (QED) is 0.300. The zero-order chi connectivity index (χ0) is 23.1. The normalized spacial score (nSPS) is 15.4. The second-order valence-electron chi connectivity index (χ2n) is 7.51. The van der Waals surface area contributed by atoms with Crippen molar-refractivity contribution in [3.63, 3.8) is 0 Å². The van der Waals surface area contributed by atoms with E-state index >= 15 is 0 Å². The molecule has 1 aliphatic rings. The van der Waals surface area contributed by atoms with Gasteiger partial charge in [-0.1, -0.05) is 42.3 Å². The molecule has 1 aliphatic heterocycles. The third-order valence-electron chi connectivity index (χ3n) is 5.37. The maximum absolute atomic E-state index is 12.7. The van der Waals surface area contributed by atoms with E-state index in [2.05, 4.69) is 20.6 Å². The number of benzene rings is 1. The zero-order valence-corrected chi connectivity index (χ0v) is 21.9. The highest BCUT2D eigenvalue weighted by molar-refractivity contribution is 6.32. The van der Waals surface area contributed by atoms with Crippen LogP contribution in [0, 0.1) is 0 Å². The van der Waals surface area contributed by atoms with E-state index in [1.54, 1.807) is 23.1 Å². The Morgan fingerprint density at radius 1 is 1.18 bits per heavy atom. The summed E-state index contributed by atoms with van der Waals surface area (Å²) in [5.74, 6) is 0.988. The van der Waals surface area contributed by atoms with Gasteiger partial charge in [0.1, 0.15) is 5.02 Å². The number of piperazine rings is 1. The topological polar surface area (TPSA) is 114 Å². The van der Waals surface area contributed by atoms with Crippen LogP contribution in [0.4, 0.5) is 16.6 Å². The van der Waals surface area contributed by atoms with Crippen molar-refractivity contribution in [3.8, 4) is 0 Å². The van der Waals surface area contributed by atoms with Gasteiger partial charge in [-0.15, -0.1) is 0 Å². The van der Waals surface area contributed by atoms with Crippen LogP contribution in [0.1, 0.15) is 24.9 Å². The second-order valence-corrected chi connectivity index (χ2v) is 8.35. The summed E-state index contributed by atoms with van der Waals surface area (Å²) in [6.07, 6.45) is 2.27. The molecule has 1 aromatic heterocycles. The number of aromatic nitrogens is 2. The van der Waals surface area contributed by atoms with Gasteiger partial charge in [-0.3, -0.25) is 0 Å². The number of hydrogen-bond acceptors (Lipinski definition) is 7. The van der Waals surface area contributed by atoms with Crippen LogP contribution < -0.4 is 39.5 Å². The van der Waals surface area contributed by atoms with E-state index in [0.717, 1.165) is 12.0 Å². The van der Waals surface area contributed by atoms with Gasteiger partial charge < -0.3 is 54.6 Å². The van der Waals surface area contributed by atoms with Crippen LogP contribution in [0.2, 0.25) is 10.0 Å². The molecule has 1 fully saturated rings. The molecule has 2 amide bonds. The lowest BCUT2D eigenvalue weighted by atomic mass is 10.1. The number of nitrogens with one attached hydrogen (secondary N) is 2. The molecule has 0 spiro atoms. The van der Waals surface area contributed by atoms with E-state index in [1.807, 2.05) is 17.9 Å². The molecule has 2 heterocycles. The maximum Gasteiger partial charge on any atom is 0.318 e. The van der Waals surface area contributed by atoms with Crippen molar-refractivity contribution in [3.05, 3.63) is 46.1 Å². The summed E-state index contributed by atoms with van der Waals surface area (Å²) < 4.78 is 0. The standard InChI is InChI=1S/C21H28Cl2N6O3.HI/c1-2-16(12-30)25-20-24-11-17(23)19(27-20)28-6-8-29(9-7-28)21(32)26-18(13-31)14-4-3-5-15(22)10-14;/h3-5,10-11,16,18,30-31H,2,6-9,12-13H2,1H3,(H,26,32)(H,24,25,27);1H/p-1/t16-,18+;/m0./s1. The molecule has 2 aromatic rings. The highest BCUT2D eigenvalue weighted by Gasteiger charge is 2.25. The predicted molar refractivity (Wildman–Crippen MR) is 125 cm³/mol. The maximum atomic E-state index is 12.7. The molecular formula is C21H28Cl2IN6O3-. The third-order valence-corrected chi connectivity index (χ3v) is 5.87. The average Bonchev–Trinajstić information content (AvgIpc) is 2.82. The molecule has 1 saturated heterocycles. The van der Waals surface area contributed by atoms with Gasteiger partial charge in [-0.25, -0.2) is 9.78 Å². The van der Waals surface area contributed by atoms with Crippen molar-refractivity contribution in [2.75, 3.05) is 49.6 Å². The zero-order valence-electron chi connectivity index (χ0n) is 18.2. The van der Waals surface area contributed by atoms with Crippen LogP contribution in [0.5, 0.6) is 0 Å². The number of aliphatic hydroxyl groups excluding tert-OH is 2. The Morgan fingerprint density at radius 3 is 2.52 bits per heavy atom. The molecule has 0 bridgehead atoms. The molecule has 3 rings (SSSR count).